The van der Waals surface area contributed by atoms with E-state index in [4.69, 9.17) is 9.97 Å². The first-order chi connectivity index (χ1) is 12.9. The van der Waals surface area contributed by atoms with E-state index in [1.54, 1.807) is 17.5 Å². The minimum absolute atomic E-state index is 0.476. The van der Waals surface area contributed by atoms with Gasteiger partial charge in [0, 0.05) is 35.4 Å². The van der Waals surface area contributed by atoms with Gasteiger partial charge in [0.25, 0.3) is 0 Å². The lowest BCUT2D eigenvalue weighted by atomic mass is 10.3. The van der Waals surface area contributed by atoms with Gasteiger partial charge in [-0.3, -0.25) is 4.98 Å². The molecule has 1 fully saturated rings. The number of rotatable bonds is 6. The summed E-state index contributed by atoms with van der Waals surface area (Å²) in [4.78, 5) is 19.6. The zero-order valence-corrected chi connectivity index (χ0v) is 15.0. The first-order valence-corrected chi connectivity index (χ1v) is 9.68. The van der Waals surface area contributed by atoms with Crippen molar-refractivity contribution in [3.63, 3.8) is 0 Å². The summed E-state index contributed by atoms with van der Waals surface area (Å²) >= 11 is 1.78. The topological polar surface area (TPSA) is 68.5 Å². The van der Waals surface area contributed by atoms with Crippen LogP contribution in [0, 0.1) is 0 Å². The molecule has 0 aliphatic heterocycles. The lowest BCUT2D eigenvalue weighted by Gasteiger charge is -2.07. The van der Waals surface area contributed by atoms with E-state index in [0.717, 1.165) is 35.5 Å². The molecule has 0 bridgehead atoms. The average Bonchev–Trinajstić information content (AvgIpc) is 3.24. The zero-order chi connectivity index (χ0) is 17.3. The summed E-state index contributed by atoms with van der Waals surface area (Å²) in [6.45, 7) is 0.819. The summed E-state index contributed by atoms with van der Waals surface area (Å²) in [5.74, 6) is 1.59. The number of fused-ring (bicyclic) bond motifs is 1. The highest BCUT2D eigenvalue weighted by molar-refractivity contribution is 7.09. The number of aromatic nitrogens is 5. The minimum Gasteiger partial charge on any atom is -0.354 e. The van der Waals surface area contributed by atoms with Gasteiger partial charge < -0.3 is 9.88 Å². The second kappa shape index (κ2) is 6.49. The molecule has 0 radical (unpaired) electrons. The first-order valence-electron chi connectivity index (χ1n) is 8.80. The van der Waals surface area contributed by atoms with E-state index in [2.05, 4.69) is 37.4 Å². The van der Waals surface area contributed by atoms with Crippen molar-refractivity contribution >= 4 is 28.4 Å². The van der Waals surface area contributed by atoms with Crippen LogP contribution in [0.4, 0.5) is 5.95 Å². The SMILES string of the molecule is c1cncc(-c2nc3cnc(NCCc4cccs4)nc3n2C2CC2)c1. The largest absolute Gasteiger partial charge is 0.354 e. The van der Waals surface area contributed by atoms with Gasteiger partial charge in [0.2, 0.25) is 5.95 Å². The van der Waals surface area contributed by atoms with Crippen LogP contribution in [-0.2, 0) is 6.42 Å². The van der Waals surface area contributed by atoms with Crippen molar-refractivity contribution in [2.24, 2.45) is 0 Å². The van der Waals surface area contributed by atoms with E-state index in [-0.39, 0.29) is 0 Å². The third-order valence-corrected chi connectivity index (χ3v) is 5.44. The molecule has 0 unspecified atom stereocenters. The predicted molar refractivity (Wildman–Crippen MR) is 103 cm³/mol. The lowest BCUT2D eigenvalue weighted by molar-refractivity contribution is 0.765. The van der Waals surface area contributed by atoms with Crippen LogP contribution in [-0.4, -0.2) is 31.0 Å². The Hall–Kier alpha value is -2.80. The Balaban J connectivity index is 1.46. The molecule has 0 spiro atoms. The van der Waals surface area contributed by atoms with Crippen molar-refractivity contribution in [3.8, 4) is 11.4 Å². The second-order valence-electron chi connectivity index (χ2n) is 6.44. The number of nitrogens with one attached hydrogen (secondary N) is 1. The van der Waals surface area contributed by atoms with Crippen LogP contribution in [0.15, 0.2) is 48.2 Å². The van der Waals surface area contributed by atoms with Gasteiger partial charge in [0.1, 0.15) is 11.3 Å². The summed E-state index contributed by atoms with van der Waals surface area (Å²) < 4.78 is 2.25. The summed E-state index contributed by atoms with van der Waals surface area (Å²) in [6, 6.07) is 8.69. The summed E-state index contributed by atoms with van der Waals surface area (Å²) in [7, 11) is 0. The standard InChI is InChI=1S/C19H18N6S/c1-3-13(11-20-8-1)17-23-16-12-22-19(21-9-7-15-4-2-10-26-15)24-18(16)25(17)14-5-6-14/h1-4,8,10-12,14H,5-7,9H2,(H,21,22,24). The van der Waals surface area contributed by atoms with Gasteiger partial charge in [-0.25, -0.2) is 9.97 Å². The number of imidazole rings is 1. The predicted octanol–water partition coefficient (Wildman–Crippen LogP) is 3.94. The minimum atomic E-state index is 0.476. The summed E-state index contributed by atoms with van der Waals surface area (Å²) in [5, 5.41) is 5.44. The van der Waals surface area contributed by atoms with E-state index in [1.165, 1.54) is 17.7 Å². The van der Waals surface area contributed by atoms with Crippen LogP contribution < -0.4 is 5.32 Å². The molecule has 0 aromatic carbocycles. The van der Waals surface area contributed by atoms with Crippen LogP contribution in [0.5, 0.6) is 0 Å². The summed E-state index contributed by atoms with van der Waals surface area (Å²) in [5.41, 5.74) is 2.75. The lowest BCUT2D eigenvalue weighted by Crippen LogP contribution is -2.08. The molecule has 5 rings (SSSR count). The molecule has 0 amide bonds. The molecule has 1 aliphatic rings. The van der Waals surface area contributed by atoms with Crippen LogP contribution in [0.1, 0.15) is 23.8 Å². The van der Waals surface area contributed by atoms with Gasteiger partial charge in [-0.2, -0.15) is 4.98 Å². The van der Waals surface area contributed by atoms with Crippen LogP contribution in [0.25, 0.3) is 22.6 Å². The quantitative estimate of drug-likeness (QED) is 0.563. The molecule has 6 nitrogen and oxygen atoms in total. The Labute approximate surface area is 155 Å². The van der Waals surface area contributed by atoms with Gasteiger partial charge in [-0.1, -0.05) is 6.07 Å². The Morgan fingerprint density at radius 3 is 2.88 bits per heavy atom. The van der Waals surface area contributed by atoms with E-state index < -0.39 is 0 Å². The van der Waals surface area contributed by atoms with Crippen LogP contribution in [0.2, 0.25) is 0 Å². The summed E-state index contributed by atoms with van der Waals surface area (Å²) in [6.07, 6.45) is 8.76. The van der Waals surface area contributed by atoms with Crippen molar-refractivity contribution < 1.29 is 0 Å². The van der Waals surface area contributed by atoms with Crippen LogP contribution >= 0.6 is 11.3 Å². The molecule has 4 heterocycles. The number of nitrogens with zero attached hydrogens (tertiary/aromatic N) is 5. The average molecular weight is 362 g/mol. The van der Waals surface area contributed by atoms with Crippen molar-refractivity contribution in [1.82, 2.24) is 24.5 Å². The smallest absolute Gasteiger partial charge is 0.224 e. The molecule has 130 valence electrons. The molecular weight excluding hydrogens is 344 g/mol. The molecule has 4 aromatic heterocycles. The fourth-order valence-corrected chi connectivity index (χ4v) is 3.81. The number of thiophene rings is 1. The third-order valence-electron chi connectivity index (χ3n) is 4.50. The van der Waals surface area contributed by atoms with Crippen molar-refractivity contribution in [3.05, 3.63) is 53.1 Å². The Morgan fingerprint density at radius 2 is 2.12 bits per heavy atom. The maximum atomic E-state index is 4.78. The number of anilines is 1. The van der Waals surface area contributed by atoms with Gasteiger partial charge in [0.05, 0.1) is 6.20 Å². The third kappa shape index (κ3) is 2.94. The molecule has 0 saturated heterocycles. The van der Waals surface area contributed by atoms with E-state index in [1.807, 2.05) is 24.5 Å². The fourth-order valence-electron chi connectivity index (χ4n) is 3.11. The molecule has 4 aromatic rings. The number of hydrogen-bond acceptors (Lipinski definition) is 6. The molecule has 26 heavy (non-hydrogen) atoms. The number of pyridine rings is 1. The fraction of sp³-hybridized carbons (Fsp3) is 0.263. The first kappa shape index (κ1) is 15.5. The Kier molecular flexibility index (Phi) is 3.86. The molecule has 1 N–H and O–H groups in total. The van der Waals surface area contributed by atoms with Crippen molar-refractivity contribution in [1.29, 1.82) is 0 Å². The Morgan fingerprint density at radius 1 is 1.15 bits per heavy atom. The molecular formula is C19H18N6S. The molecule has 7 heteroatoms. The molecule has 1 saturated carbocycles. The van der Waals surface area contributed by atoms with Gasteiger partial charge in [-0.05, 0) is 42.8 Å². The second-order valence-corrected chi connectivity index (χ2v) is 7.47. The van der Waals surface area contributed by atoms with Crippen molar-refractivity contribution in [2.75, 3.05) is 11.9 Å². The van der Waals surface area contributed by atoms with Gasteiger partial charge in [-0.15, -0.1) is 11.3 Å². The van der Waals surface area contributed by atoms with E-state index in [0.29, 0.717) is 12.0 Å². The highest BCUT2D eigenvalue weighted by Crippen LogP contribution is 2.40. The van der Waals surface area contributed by atoms with Gasteiger partial charge >= 0.3 is 0 Å². The monoisotopic (exact) mass is 362 g/mol. The maximum Gasteiger partial charge on any atom is 0.224 e. The Bertz CT molecular complexity index is 1020. The highest BCUT2D eigenvalue weighted by Gasteiger charge is 2.29. The highest BCUT2D eigenvalue weighted by atomic mass is 32.1. The van der Waals surface area contributed by atoms with Crippen molar-refractivity contribution in [2.45, 2.75) is 25.3 Å². The van der Waals surface area contributed by atoms with E-state index >= 15 is 0 Å². The molecule has 1 aliphatic carbocycles. The van der Waals surface area contributed by atoms with Crippen LogP contribution in [0.3, 0.4) is 0 Å². The zero-order valence-electron chi connectivity index (χ0n) is 14.2. The maximum absolute atomic E-state index is 4.78. The molecule has 0 atom stereocenters. The van der Waals surface area contributed by atoms with Gasteiger partial charge in [0.15, 0.2) is 5.65 Å². The van der Waals surface area contributed by atoms with E-state index in [9.17, 15) is 0 Å². The number of hydrogen-bond donors (Lipinski definition) is 1. The normalized spacial score (nSPS) is 14.0.